The van der Waals surface area contributed by atoms with Crippen molar-refractivity contribution in [2.45, 2.75) is 58.2 Å². The summed E-state index contributed by atoms with van der Waals surface area (Å²) in [7, 11) is 1.48. The van der Waals surface area contributed by atoms with E-state index < -0.39 is 41.8 Å². The first-order valence-electron chi connectivity index (χ1n) is 12.4. The van der Waals surface area contributed by atoms with E-state index in [1.807, 2.05) is 20.8 Å². The quantitative estimate of drug-likeness (QED) is 0.250. The predicted octanol–water partition coefficient (Wildman–Crippen LogP) is 8.42. The molecule has 0 amide bonds. The monoisotopic (exact) mass is 568 g/mol. The third kappa shape index (κ3) is 7.49. The van der Waals surface area contributed by atoms with E-state index in [4.69, 9.17) is 14.6 Å². The van der Waals surface area contributed by atoms with Gasteiger partial charge in [-0.25, -0.2) is 4.39 Å². The van der Waals surface area contributed by atoms with Crippen molar-refractivity contribution < 1.29 is 45.7 Å². The molecule has 3 aromatic carbocycles. The van der Waals surface area contributed by atoms with Gasteiger partial charge in [-0.05, 0) is 64.4 Å². The van der Waals surface area contributed by atoms with E-state index in [0.717, 1.165) is 17.7 Å². The molecule has 0 saturated heterocycles. The molecule has 10 heteroatoms. The average Bonchev–Trinajstić information content (AvgIpc) is 2.85. The molecule has 4 nitrogen and oxygen atoms in total. The van der Waals surface area contributed by atoms with E-state index in [0.29, 0.717) is 29.0 Å². The van der Waals surface area contributed by atoms with Gasteiger partial charge in [0.1, 0.15) is 23.9 Å². The minimum atomic E-state index is -5.92. The lowest BCUT2D eigenvalue weighted by atomic mass is 9.84. The predicted molar refractivity (Wildman–Crippen MR) is 138 cm³/mol. The molecular weight excluding hydrogens is 538 g/mol. The highest BCUT2D eigenvalue weighted by molar-refractivity contribution is 5.71. The molecule has 3 rings (SSSR count). The Kier molecular flexibility index (Phi) is 9.11. The summed E-state index contributed by atoms with van der Waals surface area (Å²) < 4.78 is 93.5. The van der Waals surface area contributed by atoms with Crippen molar-refractivity contribution in [2.75, 3.05) is 7.11 Å². The summed E-state index contributed by atoms with van der Waals surface area (Å²) in [6.45, 7) is 5.86. The van der Waals surface area contributed by atoms with Crippen molar-refractivity contribution in [3.05, 3.63) is 83.2 Å². The second-order valence-corrected chi connectivity index (χ2v) is 10.7. The van der Waals surface area contributed by atoms with E-state index in [2.05, 4.69) is 0 Å². The Balaban J connectivity index is 1.92. The van der Waals surface area contributed by atoms with Crippen LogP contribution in [0.4, 0.5) is 26.3 Å². The molecule has 0 bridgehead atoms. The zero-order valence-corrected chi connectivity index (χ0v) is 22.4. The van der Waals surface area contributed by atoms with Gasteiger partial charge in [0.25, 0.3) is 0 Å². The molecule has 0 aromatic heterocycles. The first-order chi connectivity index (χ1) is 18.5. The van der Waals surface area contributed by atoms with E-state index in [1.165, 1.54) is 31.4 Å². The van der Waals surface area contributed by atoms with Crippen LogP contribution in [0.5, 0.6) is 11.5 Å². The van der Waals surface area contributed by atoms with Crippen LogP contribution in [0.2, 0.25) is 0 Å². The van der Waals surface area contributed by atoms with Gasteiger partial charge < -0.3 is 14.6 Å². The fraction of sp³-hybridized carbons (Fsp3) is 0.367. The van der Waals surface area contributed by atoms with E-state index >= 15 is 0 Å². The molecule has 0 aliphatic heterocycles. The number of hydrogen-bond donors (Lipinski definition) is 1. The van der Waals surface area contributed by atoms with Crippen LogP contribution >= 0.6 is 0 Å². The molecule has 1 N–H and O–H groups in total. The third-order valence-corrected chi connectivity index (χ3v) is 6.21. The fourth-order valence-electron chi connectivity index (χ4n) is 4.37. The van der Waals surface area contributed by atoms with Crippen LogP contribution in [0.3, 0.4) is 0 Å². The summed E-state index contributed by atoms with van der Waals surface area (Å²) in [5.41, 5.74) is 1.37. The molecule has 0 aliphatic carbocycles. The zero-order chi connectivity index (χ0) is 29.9. The number of aliphatic carboxylic acids is 1. The highest BCUT2D eigenvalue weighted by Crippen LogP contribution is 2.47. The van der Waals surface area contributed by atoms with Crippen LogP contribution < -0.4 is 9.47 Å². The average molecular weight is 569 g/mol. The van der Waals surface area contributed by atoms with E-state index in [-0.39, 0.29) is 17.6 Å². The number of carboxylic acid groups (broad SMARTS) is 1. The minimum absolute atomic E-state index is 0.181. The Labute approximate surface area is 228 Å². The van der Waals surface area contributed by atoms with Crippen LogP contribution in [-0.2, 0) is 17.8 Å². The van der Waals surface area contributed by atoms with Crippen LogP contribution in [0.25, 0.3) is 11.1 Å². The van der Waals surface area contributed by atoms with Crippen molar-refractivity contribution in [2.24, 2.45) is 5.41 Å². The molecule has 1 atom stereocenters. The Morgan fingerprint density at radius 3 is 2.17 bits per heavy atom. The smallest absolute Gasteiger partial charge is 0.453 e. The molecule has 216 valence electrons. The number of alkyl halides is 5. The molecule has 0 fully saturated rings. The Bertz CT molecular complexity index is 1340. The summed E-state index contributed by atoms with van der Waals surface area (Å²) >= 11 is 0. The van der Waals surface area contributed by atoms with Gasteiger partial charge in [-0.1, -0.05) is 51.1 Å². The summed E-state index contributed by atoms with van der Waals surface area (Å²) in [6.07, 6.45) is -6.78. The minimum Gasteiger partial charge on any atom is -0.497 e. The first-order valence-corrected chi connectivity index (χ1v) is 12.4. The Morgan fingerprint density at radius 2 is 1.57 bits per heavy atom. The van der Waals surface area contributed by atoms with Gasteiger partial charge in [0, 0.05) is 5.56 Å². The van der Waals surface area contributed by atoms with Gasteiger partial charge in [0.05, 0.1) is 19.4 Å². The molecule has 3 aromatic rings. The van der Waals surface area contributed by atoms with Crippen LogP contribution in [-0.4, -0.2) is 30.3 Å². The number of halogens is 6. The Hall–Kier alpha value is -3.69. The van der Waals surface area contributed by atoms with Gasteiger partial charge in [0.2, 0.25) is 0 Å². The second-order valence-electron chi connectivity index (χ2n) is 10.7. The number of carboxylic acids is 1. The lowest BCUT2D eigenvalue weighted by molar-refractivity contribution is -0.291. The fourth-order valence-corrected chi connectivity index (χ4v) is 4.37. The standard InChI is InChI=1S/C30H30F6O4/c1-28(2,3)16-20-13-22(8-10-23(20)24-14-21(39-4)9-11-26(24)31)40-17-18-6-5-7-19(12-18)25(15-27(37)38)29(32,33)30(34,35)36/h5-14,25H,15-17H2,1-4H3,(H,37,38). The highest BCUT2D eigenvalue weighted by atomic mass is 19.4. The lowest BCUT2D eigenvalue weighted by Crippen LogP contribution is -2.43. The zero-order valence-electron chi connectivity index (χ0n) is 22.4. The van der Waals surface area contributed by atoms with Crippen LogP contribution in [0, 0.1) is 11.2 Å². The normalized spacial score (nSPS) is 13.2. The topological polar surface area (TPSA) is 55.8 Å². The molecule has 0 spiro atoms. The molecule has 0 aliphatic rings. The largest absolute Gasteiger partial charge is 0.497 e. The number of hydrogen-bond acceptors (Lipinski definition) is 3. The van der Waals surface area contributed by atoms with Crippen molar-refractivity contribution in [1.82, 2.24) is 0 Å². The third-order valence-electron chi connectivity index (χ3n) is 6.21. The number of ether oxygens (including phenoxy) is 2. The molecule has 0 radical (unpaired) electrons. The van der Waals surface area contributed by atoms with Gasteiger partial charge >= 0.3 is 18.1 Å². The molecule has 0 saturated carbocycles. The maximum absolute atomic E-state index is 14.8. The SMILES string of the molecule is COc1ccc(F)c(-c2ccc(OCc3cccc(C(CC(=O)O)C(F)(F)C(F)(F)F)c3)cc2CC(C)(C)C)c1. The van der Waals surface area contributed by atoms with Crippen LogP contribution in [0.1, 0.15) is 49.8 Å². The number of methoxy groups -OCH3 is 1. The van der Waals surface area contributed by atoms with Crippen LogP contribution in [0.15, 0.2) is 60.7 Å². The second kappa shape index (κ2) is 11.8. The van der Waals surface area contributed by atoms with Gasteiger partial charge in [-0.2, -0.15) is 22.0 Å². The molecule has 0 heterocycles. The van der Waals surface area contributed by atoms with Crippen molar-refractivity contribution in [3.63, 3.8) is 0 Å². The van der Waals surface area contributed by atoms with E-state index in [1.54, 1.807) is 24.3 Å². The number of rotatable bonds is 10. The molecule has 1 unspecified atom stereocenters. The van der Waals surface area contributed by atoms with Gasteiger partial charge in [-0.15, -0.1) is 0 Å². The Morgan fingerprint density at radius 1 is 0.900 bits per heavy atom. The first kappa shape index (κ1) is 30.8. The summed E-state index contributed by atoms with van der Waals surface area (Å²) in [5.74, 6) is -9.23. The highest BCUT2D eigenvalue weighted by Gasteiger charge is 2.62. The summed E-state index contributed by atoms with van der Waals surface area (Å²) in [6, 6.07) is 14.3. The van der Waals surface area contributed by atoms with Crippen molar-refractivity contribution >= 4 is 5.97 Å². The molecular formula is C30H30F6O4. The lowest BCUT2D eigenvalue weighted by Gasteiger charge is -2.28. The van der Waals surface area contributed by atoms with Crippen molar-refractivity contribution in [3.8, 4) is 22.6 Å². The maximum Gasteiger partial charge on any atom is 0.453 e. The van der Waals surface area contributed by atoms with Crippen molar-refractivity contribution in [1.29, 1.82) is 0 Å². The maximum atomic E-state index is 14.8. The molecule has 40 heavy (non-hydrogen) atoms. The summed E-state index contributed by atoms with van der Waals surface area (Å²) in [4.78, 5) is 11.1. The number of carbonyl (C=O) groups is 1. The van der Waals surface area contributed by atoms with E-state index in [9.17, 15) is 31.1 Å². The summed E-state index contributed by atoms with van der Waals surface area (Å²) in [5, 5.41) is 9.00. The number of benzene rings is 3. The van der Waals surface area contributed by atoms with Gasteiger partial charge in [0.15, 0.2) is 0 Å². The van der Waals surface area contributed by atoms with Gasteiger partial charge in [-0.3, -0.25) is 4.79 Å².